The van der Waals surface area contributed by atoms with Gasteiger partial charge in [0, 0.05) is 18.3 Å². The predicted molar refractivity (Wildman–Crippen MR) is 72.5 cm³/mol. The molecule has 0 fully saturated rings. The number of nitro benzene ring substituents is 1. The molecule has 0 saturated heterocycles. The summed E-state index contributed by atoms with van der Waals surface area (Å²) in [7, 11) is 0. The molecule has 0 heterocycles. The zero-order valence-electron chi connectivity index (χ0n) is 11.5. The van der Waals surface area contributed by atoms with E-state index in [9.17, 15) is 20.0 Å². The van der Waals surface area contributed by atoms with Gasteiger partial charge in [0.05, 0.1) is 4.92 Å². The average molecular weight is 277 g/mol. The number of nitriles is 1. The van der Waals surface area contributed by atoms with E-state index >= 15 is 0 Å². The van der Waals surface area contributed by atoms with Crippen LogP contribution in [0.1, 0.15) is 26.3 Å². The Morgan fingerprint density at radius 1 is 1.55 bits per heavy atom. The van der Waals surface area contributed by atoms with Crippen molar-refractivity contribution in [3.8, 4) is 6.07 Å². The Labute approximate surface area is 116 Å². The van der Waals surface area contributed by atoms with E-state index in [1.165, 1.54) is 32.0 Å². The van der Waals surface area contributed by atoms with Gasteiger partial charge >= 0.3 is 5.97 Å². The van der Waals surface area contributed by atoms with Crippen LogP contribution in [-0.4, -0.2) is 28.1 Å². The number of hydrogen-bond donors (Lipinski definition) is 1. The maximum absolute atomic E-state index is 11.3. The zero-order chi connectivity index (χ0) is 15.5. The van der Waals surface area contributed by atoms with Gasteiger partial charge < -0.3 is 10.0 Å². The van der Waals surface area contributed by atoms with Crippen LogP contribution in [0.3, 0.4) is 0 Å². The maximum atomic E-state index is 11.3. The normalized spacial score (nSPS) is 10.7. The second kappa shape index (κ2) is 5.57. The Hall–Kier alpha value is -2.62. The summed E-state index contributed by atoms with van der Waals surface area (Å²) in [6.07, 6.45) is 0. The molecule has 0 atom stereocenters. The monoisotopic (exact) mass is 277 g/mol. The largest absolute Gasteiger partial charge is 0.480 e. The molecule has 0 spiro atoms. The van der Waals surface area contributed by atoms with Crippen LogP contribution in [0.5, 0.6) is 0 Å². The van der Waals surface area contributed by atoms with Crippen molar-refractivity contribution in [1.82, 2.24) is 0 Å². The number of anilines is 1. The van der Waals surface area contributed by atoms with Crippen LogP contribution in [0, 0.1) is 21.4 Å². The molecule has 0 aliphatic heterocycles. The molecule has 1 aromatic rings. The molecule has 0 saturated carbocycles. The van der Waals surface area contributed by atoms with Crippen molar-refractivity contribution in [2.75, 3.05) is 11.4 Å². The van der Waals surface area contributed by atoms with Crippen molar-refractivity contribution < 1.29 is 14.8 Å². The maximum Gasteiger partial charge on any atom is 0.328 e. The molecule has 0 aliphatic rings. The average Bonchev–Trinajstić information content (AvgIpc) is 2.38. The Morgan fingerprint density at radius 3 is 2.55 bits per heavy atom. The highest BCUT2D eigenvalue weighted by Gasteiger charge is 2.34. The van der Waals surface area contributed by atoms with Crippen LogP contribution in [0.25, 0.3) is 0 Å². The lowest BCUT2D eigenvalue weighted by atomic mass is 10.0. The summed E-state index contributed by atoms with van der Waals surface area (Å²) >= 11 is 0. The van der Waals surface area contributed by atoms with Gasteiger partial charge in [0.25, 0.3) is 5.69 Å². The zero-order valence-corrected chi connectivity index (χ0v) is 11.5. The van der Waals surface area contributed by atoms with Gasteiger partial charge in [-0.2, -0.15) is 5.26 Å². The molecule has 20 heavy (non-hydrogen) atoms. The fourth-order valence-electron chi connectivity index (χ4n) is 1.96. The molecule has 7 nitrogen and oxygen atoms in total. The summed E-state index contributed by atoms with van der Waals surface area (Å²) in [5.41, 5.74) is -1.10. The van der Waals surface area contributed by atoms with Gasteiger partial charge in [-0.3, -0.25) is 10.1 Å². The number of carboxylic acid groups (broad SMARTS) is 1. The van der Waals surface area contributed by atoms with Crippen LogP contribution in [0.15, 0.2) is 18.2 Å². The minimum atomic E-state index is -1.18. The number of rotatable bonds is 5. The smallest absolute Gasteiger partial charge is 0.328 e. The number of carboxylic acids is 1. The van der Waals surface area contributed by atoms with Crippen LogP contribution in [0.4, 0.5) is 11.4 Å². The molecule has 1 aromatic carbocycles. The van der Waals surface area contributed by atoms with Crippen molar-refractivity contribution in [3.05, 3.63) is 33.9 Å². The molecular weight excluding hydrogens is 262 g/mol. The summed E-state index contributed by atoms with van der Waals surface area (Å²) in [4.78, 5) is 23.0. The summed E-state index contributed by atoms with van der Waals surface area (Å²) in [6.45, 7) is 5.23. The molecule has 0 radical (unpaired) electrons. The minimum absolute atomic E-state index is 0.0906. The second-order valence-corrected chi connectivity index (χ2v) is 4.68. The van der Waals surface area contributed by atoms with Gasteiger partial charge in [0.15, 0.2) is 0 Å². The lowest BCUT2D eigenvalue weighted by Gasteiger charge is -2.36. The van der Waals surface area contributed by atoms with E-state index in [0.717, 1.165) is 0 Å². The highest BCUT2D eigenvalue weighted by molar-refractivity contribution is 5.83. The Bertz CT molecular complexity index is 590. The first-order chi connectivity index (χ1) is 9.25. The first-order valence-corrected chi connectivity index (χ1v) is 5.95. The molecule has 1 N–H and O–H groups in total. The topological polar surface area (TPSA) is 107 Å². The van der Waals surface area contributed by atoms with Gasteiger partial charge in [-0.25, -0.2) is 4.79 Å². The highest BCUT2D eigenvalue weighted by Crippen LogP contribution is 2.29. The number of aliphatic carboxylic acids is 1. The van der Waals surface area contributed by atoms with Crippen LogP contribution >= 0.6 is 0 Å². The van der Waals surface area contributed by atoms with Gasteiger partial charge in [-0.1, -0.05) is 0 Å². The fraction of sp³-hybridized carbons (Fsp3) is 0.385. The summed E-state index contributed by atoms with van der Waals surface area (Å²) < 4.78 is 0. The lowest BCUT2D eigenvalue weighted by molar-refractivity contribution is -0.385. The van der Waals surface area contributed by atoms with E-state index in [4.69, 9.17) is 5.26 Å². The summed E-state index contributed by atoms with van der Waals surface area (Å²) in [6, 6.07) is 5.77. The number of benzene rings is 1. The Kier molecular flexibility index (Phi) is 4.30. The molecule has 0 aromatic heterocycles. The lowest BCUT2D eigenvalue weighted by Crippen LogP contribution is -2.50. The minimum Gasteiger partial charge on any atom is -0.480 e. The molecule has 7 heteroatoms. The standard InChI is InChI=1S/C13H15N3O4/c1-4-15(13(2,3)12(17)18)10-5-6-11(16(19)20)9(7-10)8-14/h5-7H,4H2,1-3H3,(H,17,18). The van der Waals surface area contributed by atoms with E-state index in [1.807, 2.05) is 0 Å². The molecule has 106 valence electrons. The molecule has 1 rings (SSSR count). The van der Waals surface area contributed by atoms with Crippen molar-refractivity contribution in [2.45, 2.75) is 26.3 Å². The number of carbonyl (C=O) groups is 1. The quantitative estimate of drug-likeness (QED) is 0.652. The third-order valence-corrected chi connectivity index (χ3v) is 3.12. The first-order valence-electron chi connectivity index (χ1n) is 5.95. The summed E-state index contributed by atoms with van der Waals surface area (Å²) in [5, 5.41) is 29.0. The fourth-order valence-corrected chi connectivity index (χ4v) is 1.96. The molecule has 0 bridgehead atoms. The SMILES string of the molecule is CCN(c1ccc([N+](=O)[O-])c(C#N)c1)C(C)(C)C(=O)O. The van der Waals surface area contributed by atoms with Crippen molar-refractivity contribution in [3.63, 3.8) is 0 Å². The van der Waals surface area contributed by atoms with E-state index < -0.39 is 16.4 Å². The van der Waals surface area contributed by atoms with Crippen molar-refractivity contribution in [1.29, 1.82) is 5.26 Å². The van der Waals surface area contributed by atoms with Gasteiger partial charge in [-0.05, 0) is 32.9 Å². The molecule has 0 amide bonds. The first kappa shape index (κ1) is 15.4. The van der Waals surface area contributed by atoms with Crippen LogP contribution in [0.2, 0.25) is 0 Å². The second-order valence-electron chi connectivity index (χ2n) is 4.68. The van der Waals surface area contributed by atoms with Crippen molar-refractivity contribution in [2.24, 2.45) is 0 Å². The molecule has 0 aliphatic carbocycles. The number of nitrogens with zero attached hydrogens (tertiary/aromatic N) is 3. The molecule has 0 unspecified atom stereocenters. The summed E-state index contributed by atoms with van der Waals surface area (Å²) in [5.74, 6) is -1.02. The van der Waals surface area contributed by atoms with Gasteiger partial charge in [-0.15, -0.1) is 0 Å². The number of nitro groups is 1. The van der Waals surface area contributed by atoms with Crippen LogP contribution < -0.4 is 4.90 Å². The Balaban J connectivity index is 3.36. The third kappa shape index (κ3) is 2.69. The van der Waals surface area contributed by atoms with E-state index in [-0.39, 0.29) is 11.3 Å². The van der Waals surface area contributed by atoms with Crippen LogP contribution in [-0.2, 0) is 4.79 Å². The molecular formula is C13H15N3O4. The Morgan fingerprint density at radius 2 is 2.15 bits per heavy atom. The van der Waals surface area contributed by atoms with E-state index in [2.05, 4.69) is 0 Å². The third-order valence-electron chi connectivity index (χ3n) is 3.12. The highest BCUT2D eigenvalue weighted by atomic mass is 16.6. The van der Waals surface area contributed by atoms with Crippen molar-refractivity contribution >= 4 is 17.3 Å². The van der Waals surface area contributed by atoms with E-state index in [0.29, 0.717) is 12.2 Å². The van der Waals surface area contributed by atoms with Gasteiger partial charge in [0.2, 0.25) is 0 Å². The predicted octanol–water partition coefficient (Wildman–Crippen LogP) is 2.16. The number of likely N-dealkylation sites (N-methyl/N-ethyl adjacent to an activating group) is 1. The number of hydrogen-bond acceptors (Lipinski definition) is 5. The van der Waals surface area contributed by atoms with Gasteiger partial charge in [0.1, 0.15) is 17.2 Å². The van der Waals surface area contributed by atoms with E-state index in [1.54, 1.807) is 17.9 Å².